The fourth-order valence-corrected chi connectivity index (χ4v) is 2.88. The monoisotopic (exact) mass is 321 g/mol. The zero-order chi connectivity index (χ0) is 12.7. The lowest BCUT2D eigenvalue weighted by molar-refractivity contribution is 0.215. The Hall–Kier alpha value is -1.16. The second kappa shape index (κ2) is 4.50. The van der Waals surface area contributed by atoms with Gasteiger partial charge >= 0.3 is 0 Å². The summed E-state index contributed by atoms with van der Waals surface area (Å²) in [6.45, 7) is 0. The van der Waals surface area contributed by atoms with Gasteiger partial charge in [0.2, 0.25) is 0 Å². The number of pyridine rings is 1. The number of rotatable bonds is 0. The van der Waals surface area contributed by atoms with Crippen molar-refractivity contribution in [3.8, 4) is 0 Å². The summed E-state index contributed by atoms with van der Waals surface area (Å²) in [6, 6.07) is 9.23. The van der Waals surface area contributed by atoms with E-state index in [1.54, 1.807) is 12.3 Å². The van der Waals surface area contributed by atoms with Gasteiger partial charge in [0.1, 0.15) is 6.10 Å². The first-order valence-corrected chi connectivity index (χ1v) is 6.64. The lowest BCUT2D eigenvalue weighted by Crippen LogP contribution is -2.04. The Morgan fingerprint density at radius 1 is 1.28 bits per heavy atom. The van der Waals surface area contributed by atoms with Crippen molar-refractivity contribution >= 4 is 38.1 Å². The van der Waals surface area contributed by atoms with Gasteiger partial charge in [-0.05, 0) is 35.4 Å². The van der Waals surface area contributed by atoms with Gasteiger partial charge in [0.05, 0.1) is 5.69 Å². The van der Waals surface area contributed by atoms with Crippen LogP contribution in [0.4, 0.5) is 0 Å². The summed E-state index contributed by atoms with van der Waals surface area (Å²) in [5, 5.41) is 11.1. The van der Waals surface area contributed by atoms with Gasteiger partial charge in [0.25, 0.3) is 0 Å². The van der Waals surface area contributed by atoms with Crippen LogP contribution in [0.25, 0.3) is 10.6 Å². The van der Waals surface area contributed by atoms with Crippen LogP contribution in [0, 0.1) is 0 Å². The molecule has 0 saturated heterocycles. The van der Waals surface area contributed by atoms with Gasteiger partial charge in [-0.2, -0.15) is 0 Å². The highest BCUT2D eigenvalue weighted by Crippen LogP contribution is 2.38. The molecule has 1 aliphatic carbocycles. The highest BCUT2D eigenvalue weighted by molar-refractivity contribution is 9.15. The molecule has 2 nitrogen and oxygen atoms in total. The van der Waals surface area contributed by atoms with Crippen LogP contribution < -0.4 is 0 Å². The maximum Gasteiger partial charge on any atom is 0.122 e. The van der Waals surface area contributed by atoms with E-state index in [0.29, 0.717) is 10.7 Å². The van der Waals surface area contributed by atoms with Crippen molar-refractivity contribution in [3.63, 3.8) is 0 Å². The standard InChI is InChI=1S/C14H9BrClNO/c15-12-7-8-6-9(16)3-4-10(8)14(18)13-11(12)2-1-5-17-13/h1-7,14,18H. The van der Waals surface area contributed by atoms with E-state index < -0.39 is 6.10 Å². The lowest BCUT2D eigenvalue weighted by atomic mass is 10.0. The number of fused-ring (bicyclic) bond motifs is 2. The molecule has 1 unspecified atom stereocenters. The largest absolute Gasteiger partial charge is 0.382 e. The van der Waals surface area contributed by atoms with E-state index in [0.717, 1.165) is 21.2 Å². The summed E-state index contributed by atoms with van der Waals surface area (Å²) in [6.07, 6.45) is 2.90. The van der Waals surface area contributed by atoms with E-state index in [-0.39, 0.29) is 0 Å². The van der Waals surface area contributed by atoms with Gasteiger partial charge in [-0.25, -0.2) is 0 Å². The fourth-order valence-electron chi connectivity index (χ4n) is 2.12. The van der Waals surface area contributed by atoms with Crippen LogP contribution in [-0.4, -0.2) is 10.1 Å². The minimum absolute atomic E-state index is 0.649. The molecule has 90 valence electrons. The molecular formula is C14H9BrClNO. The van der Waals surface area contributed by atoms with Crippen LogP contribution in [0.15, 0.2) is 36.5 Å². The molecule has 0 bridgehead atoms. The maximum atomic E-state index is 10.4. The molecule has 1 aliphatic rings. The fraction of sp³-hybridized carbons (Fsp3) is 0.0714. The van der Waals surface area contributed by atoms with Crippen molar-refractivity contribution in [3.05, 3.63) is 63.9 Å². The van der Waals surface area contributed by atoms with Gasteiger partial charge in [-0.1, -0.05) is 39.7 Å². The molecule has 0 aliphatic heterocycles. The molecule has 1 heterocycles. The molecule has 1 N–H and O–H groups in total. The number of benzene rings is 1. The average molecular weight is 323 g/mol. The number of halogens is 2. The summed E-state index contributed by atoms with van der Waals surface area (Å²) in [5.41, 5.74) is 3.27. The SMILES string of the molecule is OC1c2ccc(Cl)cc2C=C(Br)c2cccnc21. The van der Waals surface area contributed by atoms with Gasteiger partial charge in [0.15, 0.2) is 0 Å². The van der Waals surface area contributed by atoms with Crippen molar-refractivity contribution in [2.75, 3.05) is 0 Å². The number of aliphatic hydroxyl groups is 1. The van der Waals surface area contributed by atoms with Crippen LogP contribution in [0.2, 0.25) is 5.02 Å². The summed E-state index contributed by atoms with van der Waals surface area (Å²) >= 11 is 9.52. The van der Waals surface area contributed by atoms with Crippen molar-refractivity contribution in [1.29, 1.82) is 0 Å². The molecule has 1 atom stereocenters. The van der Waals surface area contributed by atoms with Crippen LogP contribution in [0.5, 0.6) is 0 Å². The first-order chi connectivity index (χ1) is 8.66. The van der Waals surface area contributed by atoms with Crippen LogP contribution in [0.3, 0.4) is 0 Å². The Kier molecular flexibility index (Phi) is 2.98. The van der Waals surface area contributed by atoms with E-state index >= 15 is 0 Å². The van der Waals surface area contributed by atoms with Crippen molar-refractivity contribution in [2.24, 2.45) is 0 Å². The van der Waals surface area contributed by atoms with Gasteiger partial charge in [-0.15, -0.1) is 0 Å². The molecular weight excluding hydrogens is 314 g/mol. The number of nitrogens with zero attached hydrogens (tertiary/aromatic N) is 1. The molecule has 0 fully saturated rings. The quantitative estimate of drug-likeness (QED) is 0.794. The molecule has 2 aromatic rings. The Balaban J connectivity index is 2.31. The topological polar surface area (TPSA) is 33.1 Å². The summed E-state index contributed by atoms with van der Waals surface area (Å²) in [7, 11) is 0. The molecule has 3 rings (SSSR count). The Labute approximate surface area is 118 Å². The van der Waals surface area contributed by atoms with Crippen LogP contribution in [0.1, 0.15) is 28.5 Å². The molecule has 18 heavy (non-hydrogen) atoms. The zero-order valence-corrected chi connectivity index (χ0v) is 11.6. The van der Waals surface area contributed by atoms with E-state index in [1.165, 1.54) is 0 Å². The van der Waals surface area contributed by atoms with Crippen LogP contribution in [-0.2, 0) is 0 Å². The smallest absolute Gasteiger partial charge is 0.122 e. The zero-order valence-electron chi connectivity index (χ0n) is 9.27. The molecule has 0 amide bonds. The Morgan fingerprint density at radius 3 is 2.94 bits per heavy atom. The molecule has 0 spiro atoms. The van der Waals surface area contributed by atoms with Gasteiger partial charge in [0, 0.05) is 21.3 Å². The Morgan fingerprint density at radius 2 is 2.11 bits per heavy atom. The molecule has 0 saturated carbocycles. The van der Waals surface area contributed by atoms with Gasteiger partial charge in [-0.3, -0.25) is 4.98 Å². The number of aromatic nitrogens is 1. The van der Waals surface area contributed by atoms with Crippen LogP contribution >= 0.6 is 27.5 Å². The highest BCUT2D eigenvalue weighted by atomic mass is 79.9. The molecule has 0 radical (unpaired) electrons. The predicted octanol–water partition coefficient (Wildman–Crippen LogP) is 4.02. The minimum Gasteiger partial charge on any atom is -0.382 e. The number of hydrogen-bond donors (Lipinski definition) is 1. The molecule has 1 aromatic carbocycles. The second-order valence-corrected chi connectivity index (χ2v) is 5.40. The molecule has 4 heteroatoms. The predicted molar refractivity (Wildman–Crippen MR) is 76.5 cm³/mol. The highest BCUT2D eigenvalue weighted by Gasteiger charge is 2.22. The maximum absolute atomic E-state index is 10.4. The van der Waals surface area contributed by atoms with E-state index in [2.05, 4.69) is 20.9 Å². The Bertz CT molecular complexity index is 654. The average Bonchev–Trinajstić information content (AvgIpc) is 2.47. The first-order valence-electron chi connectivity index (χ1n) is 5.47. The van der Waals surface area contributed by atoms with Crippen molar-refractivity contribution in [2.45, 2.75) is 6.10 Å². The lowest BCUT2D eigenvalue weighted by Gasteiger charge is -2.13. The summed E-state index contributed by atoms with van der Waals surface area (Å²) in [5.74, 6) is 0. The summed E-state index contributed by atoms with van der Waals surface area (Å²) in [4.78, 5) is 4.28. The third kappa shape index (κ3) is 1.88. The van der Waals surface area contributed by atoms with E-state index in [1.807, 2.05) is 30.3 Å². The second-order valence-electron chi connectivity index (χ2n) is 4.10. The molecule has 1 aromatic heterocycles. The number of hydrogen-bond acceptors (Lipinski definition) is 2. The first kappa shape index (κ1) is 11.9. The van der Waals surface area contributed by atoms with Crippen molar-refractivity contribution < 1.29 is 5.11 Å². The minimum atomic E-state index is -0.736. The van der Waals surface area contributed by atoms with E-state index in [4.69, 9.17) is 11.6 Å². The normalized spacial score (nSPS) is 17.5. The third-order valence-electron chi connectivity index (χ3n) is 2.98. The van der Waals surface area contributed by atoms with E-state index in [9.17, 15) is 5.11 Å². The third-order valence-corrected chi connectivity index (χ3v) is 3.87. The van der Waals surface area contributed by atoms with Crippen molar-refractivity contribution in [1.82, 2.24) is 4.98 Å². The number of aliphatic hydroxyl groups excluding tert-OH is 1. The van der Waals surface area contributed by atoms with Gasteiger partial charge < -0.3 is 5.11 Å². The summed E-state index contributed by atoms with van der Waals surface area (Å²) < 4.78 is 0.894.